The molecule has 170 valence electrons. The average molecular weight is 456 g/mol. The average Bonchev–Trinajstić information content (AvgIpc) is 3.35. The number of esters is 1. The Morgan fingerprint density at radius 2 is 1.84 bits per heavy atom. The molecule has 1 heterocycles. The Kier molecular flexibility index (Phi) is 8.50. The van der Waals surface area contributed by atoms with E-state index in [9.17, 15) is 9.59 Å². The third-order valence-corrected chi connectivity index (χ3v) is 6.07. The summed E-state index contributed by atoms with van der Waals surface area (Å²) in [4.78, 5) is 25.4. The molecule has 0 aliphatic rings. The number of nitrogens with zero attached hydrogens (tertiary/aromatic N) is 1. The van der Waals surface area contributed by atoms with E-state index in [-0.39, 0.29) is 24.8 Å². The molecular weight excluding hydrogens is 426 g/mol. The topological polar surface area (TPSA) is 65.1 Å². The maximum atomic E-state index is 12.3. The van der Waals surface area contributed by atoms with Crippen molar-refractivity contribution in [1.29, 1.82) is 0 Å². The summed E-state index contributed by atoms with van der Waals surface area (Å²) < 4.78 is 16.5. The number of hydrogen-bond acceptors (Lipinski definition) is 6. The van der Waals surface area contributed by atoms with Crippen molar-refractivity contribution in [2.24, 2.45) is 5.92 Å². The van der Waals surface area contributed by atoms with Gasteiger partial charge in [-0.1, -0.05) is 50.2 Å². The number of amides is 1. The third-order valence-electron chi connectivity index (χ3n) is 5.37. The quantitative estimate of drug-likeness (QED) is 0.276. The Morgan fingerprint density at radius 3 is 2.59 bits per heavy atom. The van der Waals surface area contributed by atoms with Gasteiger partial charge in [0, 0.05) is 31.0 Å². The molecule has 1 aromatic heterocycles. The molecule has 6 nitrogen and oxygen atoms in total. The number of fused-ring (bicyclic) bond motifs is 1. The van der Waals surface area contributed by atoms with Crippen LogP contribution in [0.1, 0.15) is 38.4 Å². The molecule has 32 heavy (non-hydrogen) atoms. The Morgan fingerprint density at radius 1 is 1.06 bits per heavy atom. The van der Waals surface area contributed by atoms with Gasteiger partial charge in [0.2, 0.25) is 6.79 Å². The summed E-state index contributed by atoms with van der Waals surface area (Å²) in [6.45, 7) is 3.71. The molecule has 0 fully saturated rings. The van der Waals surface area contributed by atoms with Crippen molar-refractivity contribution in [2.45, 2.75) is 32.8 Å². The van der Waals surface area contributed by atoms with Crippen molar-refractivity contribution in [2.75, 3.05) is 20.4 Å². The summed E-state index contributed by atoms with van der Waals surface area (Å²) in [5.41, 5.74) is 1.06. The van der Waals surface area contributed by atoms with Gasteiger partial charge in [-0.05, 0) is 34.7 Å². The third kappa shape index (κ3) is 6.23. The molecule has 2 atom stereocenters. The van der Waals surface area contributed by atoms with E-state index < -0.39 is 6.09 Å². The van der Waals surface area contributed by atoms with Crippen LogP contribution in [-0.2, 0) is 14.3 Å². The lowest BCUT2D eigenvalue weighted by molar-refractivity contribution is -0.156. The van der Waals surface area contributed by atoms with Crippen LogP contribution in [0, 0.1) is 5.92 Å². The predicted molar refractivity (Wildman–Crippen MR) is 126 cm³/mol. The van der Waals surface area contributed by atoms with Gasteiger partial charge in [-0.3, -0.25) is 4.79 Å². The maximum Gasteiger partial charge on any atom is 0.412 e. The van der Waals surface area contributed by atoms with Crippen molar-refractivity contribution in [1.82, 2.24) is 4.90 Å². The lowest BCUT2D eigenvalue weighted by Gasteiger charge is -2.23. The van der Waals surface area contributed by atoms with Crippen molar-refractivity contribution in [3.63, 3.8) is 0 Å². The van der Waals surface area contributed by atoms with Gasteiger partial charge in [-0.15, -0.1) is 0 Å². The second kappa shape index (κ2) is 11.5. The van der Waals surface area contributed by atoms with Crippen LogP contribution < -0.4 is 4.74 Å². The maximum absolute atomic E-state index is 12.3. The molecule has 0 N–H and O–H groups in total. The van der Waals surface area contributed by atoms with Gasteiger partial charge >= 0.3 is 12.1 Å². The van der Waals surface area contributed by atoms with Crippen LogP contribution in [0.3, 0.4) is 0 Å². The highest BCUT2D eigenvalue weighted by Gasteiger charge is 2.19. The van der Waals surface area contributed by atoms with E-state index in [1.807, 2.05) is 48.7 Å². The van der Waals surface area contributed by atoms with Crippen molar-refractivity contribution >= 4 is 34.2 Å². The molecule has 0 aliphatic heterocycles. The fourth-order valence-electron chi connectivity index (χ4n) is 3.16. The van der Waals surface area contributed by atoms with E-state index in [1.165, 1.54) is 4.90 Å². The number of rotatable bonds is 10. The van der Waals surface area contributed by atoms with Crippen LogP contribution in [0.5, 0.6) is 5.75 Å². The Labute approximate surface area is 192 Å². The predicted octanol–water partition coefficient (Wildman–Crippen LogP) is 6.03. The molecule has 3 rings (SSSR count). The number of ether oxygens (including phenoxy) is 3. The van der Waals surface area contributed by atoms with E-state index in [2.05, 4.69) is 17.5 Å². The van der Waals surface area contributed by atoms with Crippen molar-refractivity contribution in [3.05, 3.63) is 64.9 Å². The normalized spacial score (nSPS) is 12.7. The van der Waals surface area contributed by atoms with E-state index in [0.29, 0.717) is 19.4 Å². The van der Waals surface area contributed by atoms with Gasteiger partial charge in [0.05, 0.1) is 5.92 Å². The van der Waals surface area contributed by atoms with Crippen molar-refractivity contribution in [3.8, 4) is 5.75 Å². The van der Waals surface area contributed by atoms with Crippen LogP contribution in [-0.4, -0.2) is 37.3 Å². The summed E-state index contributed by atoms with van der Waals surface area (Å²) in [7, 11) is 1.65. The Balaban J connectivity index is 1.59. The zero-order chi connectivity index (χ0) is 22.9. The van der Waals surface area contributed by atoms with Crippen LogP contribution in [0.2, 0.25) is 0 Å². The highest BCUT2D eigenvalue weighted by Crippen LogP contribution is 2.32. The molecule has 0 aliphatic carbocycles. The summed E-state index contributed by atoms with van der Waals surface area (Å²) in [6.07, 6.45) is 0.493. The van der Waals surface area contributed by atoms with Crippen molar-refractivity contribution < 1.29 is 23.8 Å². The first kappa shape index (κ1) is 23.6. The lowest BCUT2D eigenvalue weighted by Crippen LogP contribution is -2.31. The summed E-state index contributed by atoms with van der Waals surface area (Å²) in [5.74, 6) is 0.217. The van der Waals surface area contributed by atoms with Crippen LogP contribution in [0.15, 0.2) is 59.3 Å². The van der Waals surface area contributed by atoms with Gasteiger partial charge in [0.25, 0.3) is 0 Å². The highest BCUT2D eigenvalue weighted by molar-refractivity contribution is 7.07. The van der Waals surface area contributed by atoms with E-state index in [0.717, 1.165) is 22.1 Å². The first-order valence-corrected chi connectivity index (χ1v) is 11.6. The molecule has 0 spiro atoms. The number of hydrogen-bond donors (Lipinski definition) is 0. The summed E-state index contributed by atoms with van der Waals surface area (Å²) in [6, 6.07) is 16.1. The lowest BCUT2D eigenvalue weighted by atomic mass is 10.1. The zero-order valence-corrected chi connectivity index (χ0v) is 19.5. The van der Waals surface area contributed by atoms with E-state index in [1.54, 1.807) is 25.3 Å². The SMILES string of the molecule is CCC(C)C(=O)OCOC(=O)N(C)CCC(Oc1cccc2ccccc12)c1ccsc1. The van der Waals surface area contributed by atoms with Gasteiger partial charge < -0.3 is 19.1 Å². The number of carbonyl (C=O) groups is 2. The van der Waals surface area contributed by atoms with E-state index >= 15 is 0 Å². The first-order chi connectivity index (χ1) is 15.5. The molecule has 0 radical (unpaired) electrons. The fraction of sp³-hybridized carbons (Fsp3) is 0.360. The zero-order valence-electron chi connectivity index (χ0n) is 18.7. The molecule has 2 unspecified atom stereocenters. The van der Waals surface area contributed by atoms with Gasteiger partial charge in [0.1, 0.15) is 11.9 Å². The molecule has 7 heteroatoms. The number of carbonyl (C=O) groups excluding carboxylic acids is 2. The minimum atomic E-state index is -0.545. The standard InChI is InChI=1S/C25H29NO5S/c1-4-18(2)24(27)29-17-30-25(28)26(3)14-12-22(20-13-15-32-16-20)31-23-11-7-9-19-8-5-6-10-21(19)23/h5-11,13,15-16,18,22H,4,12,14,17H2,1-3H3. The van der Waals surface area contributed by atoms with Gasteiger partial charge in [-0.25, -0.2) is 4.79 Å². The molecule has 1 amide bonds. The Hall–Kier alpha value is -3.06. The van der Waals surface area contributed by atoms with Crippen LogP contribution in [0.4, 0.5) is 4.79 Å². The highest BCUT2D eigenvalue weighted by atomic mass is 32.1. The second-order valence-corrected chi connectivity index (χ2v) is 8.43. The number of benzene rings is 2. The molecule has 0 saturated carbocycles. The first-order valence-electron chi connectivity index (χ1n) is 10.7. The smallest absolute Gasteiger partial charge is 0.412 e. The molecule has 3 aromatic rings. The monoisotopic (exact) mass is 455 g/mol. The minimum absolute atomic E-state index is 0.217. The fourth-order valence-corrected chi connectivity index (χ4v) is 3.86. The summed E-state index contributed by atoms with van der Waals surface area (Å²) >= 11 is 1.61. The largest absolute Gasteiger partial charge is 0.485 e. The molecule has 2 aromatic carbocycles. The van der Waals surface area contributed by atoms with Gasteiger partial charge in [0.15, 0.2) is 0 Å². The second-order valence-electron chi connectivity index (χ2n) is 7.65. The number of thiophene rings is 1. The van der Waals surface area contributed by atoms with Crippen LogP contribution in [0.25, 0.3) is 10.8 Å². The molecule has 0 bridgehead atoms. The van der Waals surface area contributed by atoms with Gasteiger partial charge in [-0.2, -0.15) is 11.3 Å². The minimum Gasteiger partial charge on any atom is -0.485 e. The molecular formula is C25H29NO5S. The van der Waals surface area contributed by atoms with E-state index in [4.69, 9.17) is 14.2 Å². The molecule has 0 saturated heterocycles. The van der Waals surface area contributed by atoms with Crippen LogP contribution >= 0.6 is 11.3 Å². The Bertz CT molecular complexity index is 1010. The summed E-state index contributed by atoms with van der Waals surface area (Å²) in [5, 5.41) is 6.23.